The van der Waals surface area contributed by atoms with Gasteiger partial charge in [0.05, 0.1) is 0 Å². The minimum atomic E-state index is 0.0656. The lowest BCUT2D eigenvalue weighted by atomic mass is 10.0. The van der Waals surface area contributed by atoms with Gasteiger partial charge in [0.2, 0.25) is 11.8 Å². The van der Waals surface area contributed by atoms with Crippen molar-refractivity contribution >= 4 is 11.8 Å². The van der Waals surface area contributed by atoms with Crippen LogP contribution in [0.3, 0.4) is 0 Å². The molecule has 0 radical (unpaired) electrons. The summed E-state index contributed by atoms with van der Waals surface area (Å²) in [6.07, 6.45) is 7.94. The monoisotopic (exact) mass is 281 g/mol. The molecule has 0 aromatic carbocycles. The number of carbonyl (C=O) groups excluding carboxylic acids is 2. The maximum atomic E-state index is 11.9. The molecule has 2 rings (SSSR count). The third-order valence-electron chi connectivity index (χ3n) is 4.21. The highest BCUT2D eigenvalue weighted by Gasteiger charge is 2.18. The third-order valence-corrected chi connectivity index (χ3v) is 4.21. The van der Waals surface area contributed by atoms with E-state index < -0.39 is 0 Å². The smallest absolute Gasteiger partial charge is 0.224 e. The molecule has 2 N–H and O–H groups in total. The molecular formula is C15H27N3O2. The van der Waals surface area contributed by atoms with E-state index in [1.54, 1.807) is 0 Å². The van der Waals surface area contributed by atoms with Crippen molar-refractivity contribution in [2.75, 3.05) is 26.2 Å². The van der Waals surface area contributed by atoms with E-state index in [9.17, 15) is 9.59 Å². The summed E-state index contributed by atoms with van der Waals surface area (Å²) in [5.41, 5.74) is 0. The zero-order valence-electron chi connectivity index (χ0n) is 12.3. The molecule has 2 aliphatic heterocycles. The first kappa shape index (κ1) is 15.3. The second-order valence-electron chi connectivity index (χ2n) is 5.89. The molecule has 0 aromatic heterocycles. The number of hydrogen-bond donors (Lipinski definition) is 2. The normalized spacial score (nSPS) is 23.4. The Morgan fingerprint density at radius 3 is 2.60 bits per heavy atom. The number of rotatable bonds is 5. The van der Waals surface area contributed by atoms with Crippen LogP contribution in [0.2, 0.25) is 0 Å². The molecule has 2 aliphatic rings. The highest BCUT2D eigenvalue weighted by atomic mass is 16.2. The quantitative estimate of drug-likeness (QED) is 0.791. The summed E-state index contributed by atoms with van der Waals surface area (Å²) in [7, 11) is 0. The van der Waals surface area contributed by atoms with E-state index in [1.165, 1.54) is 19.3 Å². The summed E-state index contributed by atoms with van der Waals surface area (Å²) >= 11 is 0. The number of nitrogens with one attached hydrogen (secondary N) is 2. The van der Waals surface area contributed by atoms with Crippen LogP contribution in [0.15, 0.2) is 0 Å². The van der Waals surface area contributed by atoms with Gasteiger partial charge in [-0.3, -0.25) is 9.59 Å². The lowest BCUT2D eigenvalue weighted by Crippen LogP contribution is -2.40. The van der Waals surface area contributed by atoms with Gasteiger partial charge in [-0.05, 0) is 38.6 Å². The van der Waals surface area contributed by atoms with Crippen LogP contribution < -0.4 is 10.6 Å². The fourth-order valence-corrected chi connectivity index (χ4v) is 3.00. The number of piperidine rings is 2. The standard InChI is InChI=1S/C15H27N3O2/c19-14(12-13-6-2-3-8-16-13)17-9-7-15(20)18-10-4-1-5-11-18/h13,16H,1-12H2,(H,17,19). The van der Waals surface area contributed by atoms with Crippen molar-refractivity contribution in [2.24, 2.45) is 0 Å². The summed E-state index contributed by atoms with van der Waals surface area (Å²) in [4.78, 5) is 25.7. The van der Waals surface area contributed by atoms with Gasteiger partial charge >= 0.3 is 0 Å². The predicted molar refractivity (Wildman–Crippen MR) is 78.3 cm³/mol. The van der Waals surface area contributed by atoms with Crippen molar-refractivity contribution < 1.29 is 9.59 Å². The van der Waals surface area contributed by atoms with Gasteiger partial charge in [0.25, 0.3) is 0 Å². The zero-order valence-corrected chi connectivity index (χ0v) is 12.3. The summed E-state index contributed by atoms with van der Waals surface area (Å²) in [6.45, 7) is 3.27. The molecule has 20 heavy (non-hydrogen) atoms. The average molecular weight is 281 g/mol. The van der Waals surface area contributed by atoms with Gasteiger partial charge in [0.15, 0.2) is 0 Å². The molecule has 1 atom stereocenters. The molecule has 2 saturated heterocycles. The van der Waals surface area contributed by atoms with Crippen LogP contribution in [0.4, 0.5) is 0 Å². The van der Waals surface area contributed by atoms with Crippen molar-refractivity contribution in [3.63, 3.8) is 0 Å². The van der Waals surface area contributed by atoms with E-state index >= 15 is 0 Å². The van der Waals surface area contributed by atoms with Crippen LogP contribution in [-0.4, -0.2) is 48.9 Å². The second-order valence-corrected chi connectivity index (χ2v) is 5.89. The largest absolute Gasteiger partial charge is 0.356 e. The van der Waals surface area contributed by atoms with Crippen LogP contribution in [0, 0.1) is 0 Å². The molecule has 1 unspecified atom stereocenters. The van der Waals surface area contributed by atoms with Crippen molar-refractivity contribution in [1.82, 2.24) is 15.5 Å². The Morgan fingerprint density at radius 2 is 1.90 bits per heavy atom. The summed E-state index contributed by atoms with van der Waals surface area (Å²) in [6, 6.07) is 0.321. The van der Waals surface area contributed by atoms with Gasteiger partial charge in [-0.1, -0.05) is 6.42 Å². The Hall–Kier alpha value is -1.10. The first-order valence-electron chi connectivity index (χ1n) is 8.03. The molecule has 2 fully saturated rings. The number of likely N-dealkylation sites (tertiary alicyclic amines) is 1. The lowest BCUT2D eigenvalue weighted by molar-refractivity contribution is -0.132. The minimum absolute atomic E-state index is 0.0656. The molecule has 0 aliphatic carbocycles. The third kappa shape index (κ3) is 5.12. The Morgan fingerprint density at radius 1 is 1.10 bits per heavy atom. The van der Waals surface area contributed by atoms with Gasteiger partial charge in [0.1, 0.15) is 0 Å². The van der Waals surface area contributed by atoms with Crippen LogP contribution >= 0.6 is 0 Å². The number of amides is 2. The van der Waals surface area contributed by atoms with Gasteiger partial charge in [0, 0.05) is 38.5 Å². The van der Waals surface area contributed by atoms with Crippen LogP contribution in [-0.2, 0) is 9.59 Å². The van der Waals surface area contributed by atoms with E-state index in [4.69, 9.17) is 0 Å². The SMILES string of the molecule is O=C(CC1CCCCN1)NCCC(=O)N1CCCCC1. The van der Waals surface area contributed by atoms with Crippen LogP contribution in [0.25, 0.3) is 0 Å². The maximum absolute atomic E-state index is 11.9. The predicted octanol–water partition coefficient (Wildman–Crippen LogP) is 1.04. The van der Waals surface area contributed by atoms with Gasteiger partial charge in [-0.15, -0.1) is 0 Å². The number of hydrogen-bond acceptors (Lipinski definition) is 3. The Kier molecular flexibility index (Phi) is 6.30. The molecular weight excluding hydrogens is 254 g/mol. The first-order chi connectivity index (χ1) is 9.75. The second kappa shape index (κ2) is 8.25. The Labute approximate surface area is 121 Å². The average Bonchev–Trinajstić information content (AvgIpc) is 2.49. The van der Waals surface area contributed by atoms with E-state index in [-0.39, 0.29) is 11.8 Å². The summed E-state index contributed by atoms with van der Waals surface area (Å²) in [5, 5.41) is 6.24. The van der Waals surface area contributed by atoms with Gasteiger partial charge < -0.3 is 15.5 Å². The van der Waals surface area contributed by atoms with E-state index in [1.807, 2.05) is 4.90 Å². The highest BCUT2D eigenvalue weighted by molar-refractivity contribution is 5.79. The molecule has 2 amide bonds. The van der Waals surface area contributed by atoms with E-state index in [2.05, 4.69) is 10.6 Å². The molecule has 5 heteroatoms. The van der Waals surface area contributed by atoms with Crippen molar-refractivity contribution in [3.8, 4) is 0 Å². The Balaban J connectivity index is 1.57. The summed E-state index contributed by atoms with van der Waals surface area (Å²) in [5.74, 6) is 0.247. The van der Waals surface area contributed by atoms with Crippen molar-refractivity contribution in [3.05, 3.63) is 0 Å². The van der Waals surface area contributed by atoms with Crippen LogP contribution in [0.1, 0.15) is 51.4 Å². The van der Waals surface area contributed by atoms with Crippen molar-refractivity contribution in [2.45, 2.75) is 57.4 Å². The van der Waals surface area contributed by atoms with E-state index in [0.717, 1.165) is 38.9 Å². The fourth-order valence-electron chi connectivity index (χ4n) is 3.00. The first-order valence-corrected chi connectivity index (χ1v) is 8.03. The van der Waals surface area contributed by atoms with Crippen LogP contribution in [0.5, 0.6) is 0 Å². The minimum Gasteiger partial charge on any atom is -0.356 e. The molecule has 0 aromatic rings. The molecule has 2 heterocycles. The highest BCUT2D eigenvalue weighted by Crippen LogP contribution is 2.10. The molecule has 5 nitrogen and oxygen atoms in total. The van der Waals surface area contributed by atoms with Crippen molar-refractivity contribution in [1.29, 1.82) is 0 Å². The fraction of sp³-hybridized carbons (Fsp3) is 0.867. The lowest BCUT2D eigenvalue weighted by Gasteiger charge is -2.27. The van der Waals surface area contributed by atoms with Gasteiger partial charge in [-0.2, -0.15) is 0 Å². The number of nitrogens with zero attached hydrogens (tertiary/aromatic N) is 1. The maximum Gasteiger partial charge on any atom is 0.224 e. The number of carbonyl (C=O) groups is 2. The molecule has 0 bridgehead atoms. The molecule has 0 spiro atoms. The van der Waals surface area contributed by atoms with Gasteiger partial charge in [-0.25, -0.2) is 0 Å². The molecule has 114 valence electrons. The Bertz CT molecular complexity index is 321. The van der Waals surface area contributed by atoms with E-state index in [0.29, 0.717) is 25.4 Å². The summed E-state index contributed by atoms with van der Waals surface area (Å²) < 4.78 is 0. The zero-order chi connectivity index (χ0) is 14.2. The topological polar surface area (TPSA) is 61.4 Å². The molecule has 0 saturated carbocycles.